The van der Waals surface area contributed by atoms with Crippen LogP contribution in [0.3, 0.4) is 0 Å². The molecule has 3 aromatic rings. The van der Waals surface area contributed by atoms with E-state index < -0.39 is 0 Å². The van der Waals surface area contributed by atoms with Crippen LogP contribution in [0.1, 0.15) is 31.9 Å². The molecule has 0 nitrogen and oxygen atoms in total. The Hall–Kier alpha value is -2.34. The molecule has 0 saturated carbocycles. The lowest BCUT2D eigenvalue weighted by molar-refractivity contribution is 0.692. The molecule has 0 unspecified atom stereocenters. The van der Waals surface area contributed by atoms with Crippen LogP contribution in [0.2, 0.25) is 0 Å². The van der Waals surface area contributed by atoms with Gasteiger partial charge in [0.1, 0.15) is 0 Å². The van der Waals surface area contributed by atoms with Gasteiger partial charge in [-0.05, 0) is 30.5 Å². The zero-order valence-corrected chi connectivity index (χ0v) is 12.4. The molecule has 0 atom stereocenters. The van der Waals surface area contributed by atoms with Crippen molar-refractivity contribution in [2.45, 2.75) is 19.3 Å². The molecule has 0 radical (unpaired) electrons. The van der Waals surface area contributed by atoms with E-state index in [0.29, 0.717) is 12.1 Å². The van der Waals surface area contributed by atoms with Crippen molar-refractivity contribution in [2.75, 3.05) is 0 Å². The third-order valence-corrected chi connectivity index (χ3v) is 4.22. The summed E-state index contributed by atoms with van der Waals surface area (Å²) in [5.74, 6) is 0. The van der Waals surface area contributed by atoms with E-state index in [1.54, 1.807) is 0 Å². The van der Waals surface area contributed by atoms with E-state index in [0.717, 1.165) is 11.1 Å². The van der Waals surface area contributed by atoms with E-state index in [-0.39, 0.29) is 5.41 Å². The number of hydrogen-bond acceptors (Lipinski definition) is 0. The fourth-order valence-corrected chi connectivity index (χ4v) is 2.83. The van der Waals surface area contributed by atoms with Gasteiger partial charge >= 0.3 is 0 Å². The maximum atomic E-state index is 7.74. The minimum absolute atomic E-state index is 0.310. The van der Waals surface area contributed by atoms with Crippen LogP contribution in [-0.2, 0) is 5.41 Å². The summed E-state index contributed by atoms with van der Waals surface area (Å²) in [7, 11) is 0. The normalized spacial score (nSPS) is 12.7. The summed E-state index contributed by atoms with van der Waals surface area (Å²) >= 11 is 0. The summed E-state index contributed by atoms with van der Waals surface area (Å²) < 4.78 is 15.5. The number of rotatable bonds is 3. The lowest BCUT2D eigenvalue weighted by Crippen LogP contribution is -2.25. The second-order valence-electron chi connectivity index (χ2n) is 5.57. The molecule has 0 aromatic heterocycles. The Labute approximate surface area is 129 Å². The topological polar surface area (TPSA) is 0 Å². The molecule has 0 saturated heterocycles. The van der Waals surface area contributed by atoms with Crippen molar-refractivity contribution in [3.63, 3.8) is 0 Å². The van der Waals surface area contributed by atoms with Crippen LogP contribution in [0.15, 0.2) is 84.9 Å². The van der Waals surface area contributed by atoms with Crippen molar-refractivity contribution < 1.29 is 2.74 Å². The molecule has 0 bridgehead atoms. The smallest absolute Gasteiger partial charge is 0.0622 e. The second-order valence-corrected chi connectivity index (χ2v) is 5.57. The first-order valence-electron chi connectivity index (χ1n) is 8.21. The van der Waals surface area contributed by atoms with Gasteiger partial charge in [-0.1, -0.05) is 90.4 Å². The average molecular weight is 274 g/mol. The molecule has 0 aliphatic heterocycles. The largest absolute Gasteiger partial charge is 0.0623 e. The van der Waals surface area contributed by atoms with Gasteiger partial charge in [-0.3, -0.25) is 0 Å². The van der Waals surface area contributed by atoms with E-state index in [9.17, 15) is 0 Å². The Morgan fingerprint density at radius 2 is 1.05 bits per heavy atom. The van der Waals surface area contributed by atoms with Crippen LogP contribution in [0.5, 0.6) is 0 Å². The van der Waals surface area contributed by atoms with Gasteiger partial charge in [-0.15, -0.1) is 0 Å². The van der Waals surface area contributed by atoms with Gasteiger partial charge in [0.05, 0.1) is 2.74 Å². The Morgan fingerprint density at radius 3 is 1.48 bits per heavy atom. The molecular formula is C21H20. The monoisotopic (exact) mass is 274 g/mol. The van der Waals surface area contributed by atoms with Gasteiger partial charge < -0.3 is 0 Å². The van der Waals surface area contributed by atoms with E-state index >= 15 is 0 Å². The van der Waals surface area contributed by atoms with Gasteiger partial charge in [-0.2, -0.15) is 0 Å². The van der Waals surface area contributed by atoms with Crippen molar-refractivity contribution in [3.8, 4) is 0 Å². The zero-order chi connectivity index (χ0) is 16.4. The predicted molar refractivity (Wildman–Crippen MR) is 89.6 cm³/mol. The predicted octanol–water partition coefficient (Wildman–Crippen LogP) is 5.35. The zero-order valence-electron chi connectivity index (χ0n) is 14.4. The second kappa shape index (κ2) is 5.57. The Morgan fingerprint density at radius 1 is 0.667 bits per heavy atom. The number of hydrogen-bond donors (Lipinski definition) is 0. The van der Waals surface area contributed by atoms with Crippen LogP contribution < -0.4 is 0 Å². The molecule has 0 fully saturated rings. The highest BCUT2D eigenvalue weighted by Crippen LogP contribution is 2.38. The fraction of sp³-hybridized carbons (Fsp3) is 0.143. The van der Waals surface area contributed by atoms with Gasteiger partial charge in [0, 0.05) is 5.41 Å². The van der Waals surface area contributed by atoms with E-state index in [1.165, 1.54) is 11.1 Å². The Kier molecular flexibility index (Phi) is 3.01. The summed E-state index contributed by atoms with van der Waals surface area (Å²) in [6.45, 7) is 4.29. The molecule has 0 heterocycles. The highest BCUT2D eigenvalue weighted by Gasteiger charge is 2.30. The average Bonchev–Trinajstić information content (AvgIpc) is 2.56. The minimum atomic E-state index is -0.310. The fourth-order valence-electron chi connectivity index (χ4n) is 2.83. The third-order valence-electron chi connectivity index (χ3n) is 4.22. The molecule has 0 aliphatic carbocycles. The summed E-state index contributed by atoms with van der Waals surface area (Å²) in [5, 5.41) is 0. The van der Waals surface area contributed by atoms with Gasteiger partial charge in [0.15, 0.2) is 0 Å². The summed E-state index contributed by atoms with van der Waals surface area (Å²) in [6.07, 6.45) is 0. The highest BCUT2D eigenvalue weighted by atomic mass is 14.3. The van der Waals surface area contributed by atoms with Crippen LogP contribution in [-0.4, -0.2) is 0 Å². The van der Waals surface area contributed by atoms with Gasteiger partial charge in [0.25, 0.3) is 0 Å². The standard InChI is InChI=1S/C21H20/c1-17-13-15-20(16-14-17)21(2,18-9-5-3-6-10-18)19-11-7-4-8-12-19/h3-16H,1-2H3/i3D,4D. The lowest BCUT2D eigenvalue weighted by Gasteiger charge is -2.32. The van der Waals surface area contributed by atoms with Crippen LogP contribution in [0, 0.1) is 6.92 Å². The molecule has 21 heavy (non-hydrogen) atoms. The van der Waals surface area contributed by atoms with E-state index in [1.807, 2.05) is 48.5 Å². The maximum absolute atomic E-state index is 7.74. The van der Waals surface area contributed by atoms with Gasteiger partial charge in [-0.25, -0.2) is 0 Å². The summed E-state index contributed by atoms with van der Waals surface area (Å²) in [6, 6.07) is 25.1. The van der Waals surface area contributed by atoms with Crippen LogP contribution >= 0.6 is 0 Å². The SMILES string of the molecule is [2H]c1ccc(C(C)(c2ccc([2H])cc2)c2ccc(C)cc2)cc1. The molecular weight excluding hydrogens is 252 g/mol. The molecule has 0 amide bonds. The molecule has 0 spiro atoms. The summed E-state index contributed by atoms with van der Waals surface area (Å²) in [5.41, 5.74) is 4.43. The quantitative estimate of drug-likeness (QED) is 0.565. The molecule has 3 rings (SSSR count). The van der Waals surface area contributed by atoms with E-state index in [4.69, 9.17) is 2.74 Å². The first-order valence-corrected chi connectivity index (χ1v) is 7.21. The first kappa shape index (κ1) is 11.3. The number of benzene rings is 3. The molecule has 0 N–H and O–H groups in total. The molecule has 3 aromatic carbocycles. The van der Waals surface area contributed by atoms with Crippen molar-refractivity contribution in [3.05, 3.63) is 107 Å². The van der Waals surface area contributed by atoms with Gasteiger partial charge in [0.2, 0.25) is 0 Å². The molecule has 0 aliphatic rings. The Balaban J connectivity index is 2.21. The van der Waals surface area contributed by atoms with Crippen LogP contribution in [0.25, 0.3) is 0 Å². The highest BCUT2D eigenvalue weighted by molar-refractivity contribution is 5.49. The third kappa shape index (κ3) is 2.50. The first-order chi connectivity index (χ1) is 11.0. The van der Waals surface area contributed by atoms with E-state index in [2.05, 4.69) is 38.1 Å². The van der Waals surface area contributed by atoms with Crippen molar-refractivity contribution in [2.24, 2.45) is 0 Å². The Bertz CT molecular complexity index is 674. The number of aryl methyl sites for hydroxylation is 1. The maximum Gasteiger partial charge on any atom is 0.0623 e. The van der Waals surface area contributed by atoms with Crippen LogP contribution in [0.4, 0.5) is 0 Å². The summed E-state index contributed by atoms with van der Waals surface area (Å²) in [4.78, 5) is 0. The minimum Gasteiger partial charge on any atom is -0.0622 e. The molecule has 0 heteroatoms. The molecule has 104 valence electrons. The van der Waals surface area contributed by atoms with Crippen molar-refractivity contribution in [1.29, 1.82) is 0 Å². The lowest BCUT2D eigenvalue weighted by atomic mass is 9.71. The van der Waals surface area contributed by atoms with Crippen molar-refractivity contribution in [1.82, 2.24) is 0 Å². The van der Waals surface area contributed by atoms with Crippen molar-refractivity contribution >= 4 is 0 Å².